The summed E-state index contributed by atoms with van der Waals surface area (Å²) in [5, 5.41) is 7.23. The van der Waals surface area contributed by atoms with Crippen molar-refractivity contribution in [1.82, 2.24) is 19.9 Å². The Morgan fingerprint density at radius 2 is 2.06 bits per heavy atom. The monoisotopic (exact) mass is 436 g/mol. The van der Waals surface area contributed by atoms with E-state index in [4.69, 9.17) is 9.47 Å². The fraction of sp³-hybridized carbons (Fsp3) is 0.591. The maximum Gasteiger partial charge on any atom is 0.408 e. The van der Waals surface area contributed by atoms with Crippen LogP contribution in [0.15, 0.2) is 25.0 Å². The summed E-state index contributed by atoms with van der Waals surface area (Å²) in [6, 6.07) is 1.27. The van der Waals surface area contributed by atoms with Gasteiger partial charge in [-0.3, -0.25) is 0 Å². The van der Waals surface area contributed by atoms with Crippen molar-refractivity contribution in [1.29, 1.82) is 0 Å². The van der Waals surface area contributed by atoms with Crippen molar-refractivity contribution < 1.29 is 23.0 Å². The molecule has 1 fully saturated rings. The highest BCUT2D eigenvalue weighted by molar-refractivity contribution is 5.69. The lowest BCUT2D eigenvalue weighted by atomic mass is 9.81. The second-order valence-corrected chi connectivity index (χ2v) is 9.07. The van der Waals surface area contributed by atoms with Gasteiger partial charge in [0, 0.05) is 25.5 Å². The number of halogens is 2. The Kier molecular flexibility index (Phi) is 6.64. The van der Waals surface area contributed by atoms with E-state index >= 15 is 0 Å². The molecule has 2 aromatic heterocycles. The van der Waals surface area contributed by atoms with Gasteiger partial charge in [-0.25, -0.2) is 23.1 Å². The molecule has 0 saturated heterocycles. The zero-order valence-corrected chi connectivity index (χ0v) is 18.5. The molecule has 0 spiro atoms. The van der Waals surface area contributed by atoms with E-state index in [1.807, 2.05) is 6.07 Å². The zero-order valence-electron chi connectivity index (χ0n) is 18.5. The zero-order chi connectivity index (χ0) is 22.8. The maximum atomic E-state index is 13.7. The third-order valence-corrected chi connectivity index (χ3v) is 5.29. The van der Waals surface area contributed by atoms with Gasteiger partial charge in [0.1, 0.15) is 5.60 Å². The van der Waals surface area contributed by atoms with Crippen LogP contribution in [0.5, 0.6) is 0 Å². The van der Waals surface area contributed by atoms with Crippen LogP contribution in [0.1, 0.15) is 63.8 Å². The molecule has 170 valence electrons. The molecular weight excluding hydrogens is 406 g/mol. The standard InChI is InChI=1S/C22H30F2N4O3/c1-14(13-30-5)16-10-18-26-17(12-28(18)25-11-16)19(27-20(29)31-21(2,3)4)15-6-8-22(23,24)9-7-15/h10-12,15,19H,1,6-9,13H2,2-5H3,(H,27,29)/t19-/m0/s1. The summed E-state index contributed by atoms with van der Waals surface area (Å²) in [6.07, 6.45) is 2.92. The minimum Gasteiger partial charge on any atom is -0.444 e. The van der Waals surface area contributed by atoms with Crippen LogP contribution in [-0.2, 0) is 9.47 Å². The third kappa shape index (κ3) is 6.00. The van der Waals surface area contributed by atoms with Crippen LogP contribution in [-0.4, -0.2) is 45.9 Å². The van der Waals surface area contributed by atoms with Crippen LogP contribution in [0.3, 0.4) is 0 Å². The molecule has 0 unspecified atom stereocenters. The Balaban J connectivity index is 1.89. The molecule has 1 aliphatic rings. The predicted octanol–water partition coefficient (Wildman–Crippen LogP) is 4.78. The summed E-state index contributed by atoms with van der Waals surface area (Å²) >= 11 is 0. The van der Waals surface area contributed by atoms with Crippen molar-refractivity contribution in [2.75, 3.05) is 13.7 Å². The van der Waals surface area contributed by atoms with E-state index in [1.165, 1.54) is 0 Å². The first-order chi connectivity index (χ1) is 14.5. The molecular formula is C22H30F2N4O3. The number of nitrogens with zero attached hydrogens (tertiary/aromatic N) is 3. The smallest absolute Gasteiger partial charge is 0.408 e. The predicted molar refractivity (Wildman–Crippen MR) is 113 cm³/mol. The molecule has 0 bridgehead atoms. The first kappa shape index (κ1) is 23.1. The van der Waals surface area contributed by atoms with Crippen molar-refractivity contribution in [3.63, 3.8) is 0 Å². The quantitative estimate of drug-likeness (QED) is 0.705. The molecule has 31 heavy (non-hydrogen) atoms. The first-order valence-electron chi connectivity index (χ1n) is 10.4. The van der Waals surface area contributed by atoms with E-state index in [9.17, 15) is 13.6 Å². The maximum absolute atomic E-state index is 13.7. The molecule has 0 aromatic carbocycles. The van der Waals surface area contributed by atoms with Gasteiger partial charge in [0.15, 0.2) is 5.65 Å². The van der Waals surface area contributed by atoms with E-state index in [1.54, 1.807) is 44.8 Å². The molecule has 9 heteroatoms. The van der Waals surface area contributed by atoms with Crippen molar-refractivity contribution in [3.05, 3.63) is 36.3 Å². The minimum atomic E-state index is -2.66. The topological polar surface area (TPSA) is 77.8 Å². The molecule has 7 nitrogen and oxygen atoms in total. The number of hydrogen-bond acceptors (Lipinski definition) is 5. The highest BCUT2D eigenvalue weighted by Gasteiger charge is 2.39. The second kappa shape index (κ2) is 8.90. The Bertz CT molecular complexity index is 942. The number of alkyl halides is 2. The fourth-order valence-corrected chi connectivity index (χ4v) is 3.76. The Morgan fingerprint density at radius 1 is 1.39 bits per heavy atom. The highest BCUT2D eigenvalue weighted by Crippen LogP contribution is 2.41. The van der Waals surface area contributed by atoms with E-state index in [0.29, 0.717) is 17.9 Å². The van der Waals surface area contributed by atoms with E-state index in [2.05, 4.69) is 22.0 Å². The van der Waals surface area contributed by atoms with Gasteiger partial charge in [0.2, 0.25) is 5.92 Å². The van der Waals surface area contributed by atoms with Gasteiger partial charge >= 0.3 is 6.09 Å². The Labute approximate surface area is 180 Å². The minimum absolute atomic E-state index is 0.181. The number of amides is 1. The molecule has 0 radical (unpaired) electrons. The number of rotatable bonds is 6. The van der Waals surface area contributed by atoms with Crippen molar-refractivity contribution >= 4 is 17.3 Å². The van der Waals surface area contributed by atoms with Crippen LogP contribution < -0.4 is 5.32 Å². The van der Waals surface area contributed by atoms with Crippen molar-refractivity contribution in [3.8, 4) is 0 Å². The Hall–Kier alpha value is -2.55. The summed E-state index contributed by atoms with van der Waals surface area (Å²) < 4.78 is 39.5. The Morgan fingerprint density at radius 3 is 2.68 bits per heavy atom. The number of nitrogens with one attached hydrogen (secondary N) is 1. The number of aromatic nitrogens is 3. The summed E-state index contributed by atoms with van der Waals surface area (Å²) in [7, 11) is 1.59. The normalized spacial score (nSPS) is 18.0. The van der Waals surface area contributed by atoms with Crippen molar-refractivity contribution in [2.45, 2.75) is 64.0 Å². The molecule has 1 atom stereocenters. The second-order valence-electron chi connectivity index (χ2n) is 9.07. The number of carbonyl (C=O) groups excluding carboxylic acids is 1. The molecule has 1 N–H and O–H groups in total. The summed E-state index contributed by atoms with van der Waals surface area (Å²) in [4.78, 5) is 17.1. The number of methoxy groups -OCH3 is 1. The molecule has 1 aliphatic carbocycles. The van der Waals surface area contributed by atoms with Gasteiger partial charge in [-0.15, -0.1) is 0 Å². The molecule has 2 aromatic rings. The average Bonchev–Trinajstić information content (AvgIpc) is 3.08. The number of hydrogen-bond donors (Lipinski definition) is 1. The molecule has 1 saturated carbocycles. The lowest BCUT2D eigenvalue weighted by Gasteiger charge is -2.33. The molecule has 3 rings (SSSR count). The SMILES string of the molecule is C=C(COC)c1cnn2cc([C@@H](NC(=O)OC(C)(C)C)C3CCC(F)(F)CC3)nc2c1. The van der Waals surface area contributed by atoms with Gasteiger partial charge in [-0.2, -0.15) is 5.10 Å². The van der Waals surface area contributed by atoms with Crippen LogP contribution in [0.25, 0.3) is 11.2 Å². The number of alkyl carbamates (subject to hydrolysis) is 1. The fourth-order valence-electron chi connectivity index (χ4n) is 3.76. The highest BCUT2D eigenvalue weighted by atomic mass is 19.3. The third-order valence-electron chi connectivity index (χ3n) is 5.29. The molecule has 2 heterocycles. The van der Waals surface area contributed by atoms with E-state index < -0.39 is 23.7 Å². The lowest BCUT2D eigenvalue weighted by Crippen LogP contribution is -2.40. The van der Waals surface area contributed by atoms with Gasteiger partial charge in [-0.1, -0.05) is 6.58 Å². The number of fused-ring (bicyclic) bond motifs is 1. The van der Waals surface area contributed by atoms with Crippen molar-refractivity contribution in [2.24, 2.45) is 5.92 Å². The van der Waals surface area contributed by atoms with Crippen LogP contribution in [0.2, 0.25) is 0 Å². The largest absolute Gasteiger partial charge is 0.444 e. The first-order valence-corrected chi connectivity index (χ1v) is 10.4. The molecule has 1 amide bonds. The van der Waals surface area contributed by atoms with Gasteiger partial charge in [0.25, 0.3) is 0 Å². The van der Waals surface area contributed by atoms with E-state index in [0.717, 1.165) is 11.1 Å². The number of carbonyl (C=O) groups is 1. The van der Waals surface area contributed by atoms with Gasteiger partial charge in [-0.05, 0) is 51.2 Å². The summed E-state index contributed by atoms with van der Waals surface area (Å²) in [6.45, 7) is 9.65. The van der Waals surface area contributed by atoms with Crippen LogP contribution >= 0.6 is 0 Å². The van der Waals surface area contributed by atoms with Crippen LogP contribution in [0.4, 0.5) is 13.6 Å². The van der Waals surface area contributed by atoms with Crippen LogP contribution in [0, 0.1) is 5.92 Å². The molecule has 0 aliphatic heterocycles. The van der Waals surface area contributed by atoms with Gasteiger partial charge < -0.3 is 14.8 Å². The summed E-state index contributed by atoms with van der Waals surface area (Å²) in [5.41, 5.74) is 2.01. The number of ether oxygens (including phenoxy) is 2. The number of imidazole rings is 1. The summed E-state index contributed by atoms with van der Waals surface area (Å²) in [5.74, 6) is -2.84. The van der Waals surface area contributed by atoms with E-state index in [-0.39, 0.29) is 31.6 Å². The lowest BCUT2D eigenvalue weighted by molar-refractivity contribution is -0.0500. The average molecular weight is 437 g/mol. The van der Waals surface area contributed by atoms with Gasteiger partial charge in [0.05, 0.1) is 30.7 Å².